The van der Waals surface area contributed by atoms with Crippen molar-refractivity contribution in [2.75, 3.05) is 5.73 Å². The molecule has 24 heavy (non-hydrogen) atoms. The van der Waals surface area contributed by atoms with Gasteiger partial charge in [0.2, 0.25) is 0 Å². The van der Waals surface area contributed by atoms with Crippen LogP contribution in [-0.4, -0.2) is 14.6 Å². The van der Waals surface area contributed by atoms with Gasteiger partial charge in [0, 0.05) is 15.6 Å². The van der Waals surface area contributed by atoms with Gasteiger partial charge in [-0.2, -0.15) is 9.61 Å². The normalized spacial score (nSPS) is 11.1. The minimum Gasteiger partial charge on any atom is -0.383 e. The zero-order valence-electron chi connectivity index (χ0n) is 13.1. The number of nitrogen functional groups attached to an aromatic ring is 1. The molecule has 0 spiro atoms. The molecule has 0 amide bonds. The van der Waals surface area contributed by atoms with E-state index in [1.165, 1.54) is 0 Å². The summed E-state index contributed by atoms with van der Waals surface area (Å²) in [5.41, 5.74) is 12.1. The van der Waals surface area contributed by atoms with Crippen molar-refractivity contribution in [1.82, 2.24) is 14.6 Å². The first-order valence-electron chi connectivity index (χ1n) is 7.60. The van der Waals surface area contributed by atoms with Gasteiger partial charge in [-0.1, -0.05) is 58.4 Å². The maximum Gasteiger partial charge on any atom is 0.165 e. The molecule has 2 N–H and O–H groups in total. The molecule has 4 rings (SSSR count). The first-order valence-corrected chi connectivity index (χ1v) is 8.39. The molecular formula is C19H15BrN4. The molecule has 2 aromatic heterocycles. The van der Waals surface area contributed by atoms with Gasteiger partial charge < -0.3 is 5.73 Å². The molecule has 0 saturated carbocycles. The van der Waals surface area contributed by atoms with Crippen LogP contribution in [0.5, 0.6) is 0 Å². The van der Waals surface area contributed by atoms with Crippen LogP contribution >= 0.6 is 15.9 Å². The fraction of sp³-hybridized carbons (Fsp3) is 0.0526. The number of hydrogen-bond acceptors (Lipinski definition) is 3. The van der Waals surface area contributed by atoms with Crippen molar-refractivity contribution in [3.8, 4) is 22.3 Å². The van der Waals surface area contributed by atoms with E-state index in [0.29, 0.717) is 5.82 Å². The highest BCUT2D eigenvalue weighted by Crippen LogP contribution is 2.32. The summed E-state index contributed by atoms with van der Waals surface area (Å²) >= 11 is 3.51. The Hall–Kier alpha value is -2.66. The zero-order valence-corrected chi connectivity index (χ0v) is 14.7. The van der Waals surface area contributed by atoms with Crippen LogP contribution in [0.3, 0.4) is 0 Å². The van der Waals surface area contributed by atoms with Crippen LogP contribution in [0.25, 0.3) is 27.9 Å². The Morgan fingerprint density at radius 1 is 1.00 bits per heavy atom. The number of benzene rings is 2. The van der Waals surface area contributed by atoms with Gasteiger partial charge >= 0.3 is 0 Å². The van der Waals surface area contributed by atoms with E-state index in [1.54, 1.807) is 4.52 Å². The van der Waals surface area contributed by atoms with Gasteiger partial charge in [0.05, 0.1) is 11.9 Å². The van der Waals surface area contributed by atoms with E-state index in [2.05, 4.69) is 27.1 Å². The summed E-state index contributed by atoms with van der Waals surface area (Å²) < 4.78 is 2.73. The molecule has 118 valence electrons. The molecule has 0 aliphatic rings. The molecule has 2 aromatic carbocycles. The SMILES string of the molecule is Cc1nc2c(-c3cccc(Br)c3)cnn2c(N)c1-c1ccccc1. The van der Waals surface area contributed by atoms with Crippen molar-refractivity contribution < 1.29 is 0 Å². The predicted octanol–water partition coefficient (Wildman–Crippen LogP) is 4.72. The molecule has 5 heteroatoms. The van der Waals surface area contributed by atoms with E-state index >= 15 is 0 Å². The fourth-order valence-corrected chi connectivity index (χ4v) is 3.35. The number of nitrogens with zero attached hydrogens (tertiary/aromatic N) is 3. The highest BCUT2D eigenvalue weighted by Gasteiger charge is 2.16. The molecule has 0 aliphatic carbocycles. The molecule has 4 aromatic rings. The summed E-state index contributed by atoms with van der Waals surface area (Å²) in [6, 6.07) is 18.1. The average Bonchev–Trinajstić information content (AvgIpc) is 3.00. The van der Waals surface area contributed by atoms with Gasteiger partial charge in [0.1, 0.15) is 5.82 Å². The molecule has 0 unspecified atom stereocenters. The van der Waals surface area contributed by atoms with Gasteiger partial charge in [-0.25, -0.2) is 4.98 Å². The van der Waals surface area contributed by atoms with Crippen molar-refractivity contribution in [2.45, 2.75) is 6.92 Å². The van der Waals surface area contributed by atoms with Crippen LogP contribution in [0.1, 0.15) is 5.69 Å². The van der Waals surface area contributed by atoms with Crippen LogP contribution in [0.2, 0.25) is 0 Å². The van der Waals surface area contributed by atoms with E-state index in [0.717, 1.165) is 38.1 Å². The van der Waals surface area contributed by atoms with E-state index in [4.69, 9.17) is 10.7 Å². The minimum absolute atomic E-state index is 0.602. The number of nitrogens with two attached hydrogens (primary N) is 1. The van der Waals surface area contributed by atoms with Gasteiger partial charge in [-0.15, -0.1) is 0 Å². The number of hydrogen-bond donors (Lipinski definition) is 1. The van der Waals surface area contributed by atoms with Crippen LogP contribution < -0.4 is 5.73 Å². The minimum atomic E-state index is 0.602. The quantitative estimate of drug-likeness (QED) is 0.549. The third-order valence-electron chi connectivity index (χ3n) is 4.06. The summed E-state index contributed by atoms with van der Waals surface area (Å²) in [7, 11) is 0. The number of halogens is 1. The predicted molar refractivity (Wildman–Crippen MR) is 101 cm³/mol. The van der Waals surface area contributed by atoms with Gasteiger partial charge in [-0.05, 0) is 30.2 Å². The lowest BCUT2D eigenvalue weighted by molar-refractivity contribution is 0.945. The Bertz CT molecular complexity index is 1040. The third kappa shape index (κ3) is 2.37. The van der Waals surface area contributed by atoms with Crippen LogP contribution in [0.4, 0.5) is 5.82 Å². The lowest BCUT2D eigenvalue weighted by Crippen LogP contribution is -2.05. The van der Waals surface area contributed by atoms with Crippen LogP contribution in [0, 0.1) is 6.92 Å². The Labute approximate surface area is 148 Å². The molecule has 0 saturated heterocycles. The van der Waals surface area contributed by atoms with Crippen molar-refractivity contribution in [3.05, 3.63) is 71.0 Å². The van der Waals surface area contributed by atoms with Gasteiger partial charge in [-0.3, -0.25) is 0 Å². The summed E-state index contributed by atoms with van der Waals surface area (Å²) in [5, 5.41) is 4.47. The summed E-state index contributed by atoms with van der Waals surface area (Å²) in [5.74, 6) is 0.602. The number of aromatic nitrogens is 3. The number of aryl methyl sites for hydroxylation is 1. The Balaban J connectivity index is 1.97. The zero-order chi connectivity index (χ0) is 16.7. The van der Waals surface area contributed by atoms with Crippen molar-refractivity contribution >= 4 is 27.4 Å². The van der Waals surface area contributed by atoms with Gasteiger partial charge in [0.15, 0.2) is 5.65 Å². The number of rotatable bonds is 2. The lowest BCUT2D eigenvalue weighted by Gasteiger charge is -2.11. The standard InChI is InChI=1S/C19H15BrN4/c1-12-17(13-6-3-2-4-7-13)18(21)24-19(23-12)16(11-22-24)14-8-5-9-15(20)10-14/h2-11H,21H2,1H3. The van der Waals surface area contributed by atoms with E-state index in [-0.39, 0.29) is 0 Å². The van der Waals surface area contributed by atoms with Crippen molar-refractivity contribution in [2.24, 2.45) is 0 Å². The molecule has 0 aliphatic heterocycles. The van der Waals surface area contributed by atoms with E-state index in [9.17, 15) is 0 Å². The van der Waals surface area contributed by atoms with E-state index in [1.807, 2.05) is 61.7 Å². The molecule has 4 nitrogen and oxygen atoms in total. The monoisotopic (exact) mass is 378 g/mol. The van der Waals surface area contributed by atoms with Crippen molar-refractivity contribution in [1.29, 1.82) is 0 Å². The highest BCUT2D eigenvalue weighted by atomic mass is 79.9. The second kappa shape index (κ2) is 5.76. The third-order valence-corrected chi connectivity index (χ3v) is 4.55. The topological polar surface area (TPSA) is 56.2 Å². The maximum atomic E-state index is 6.42. The van der Waals surface area contributed by atoms with Crippen LogP contribution in [0.15, 0.2) is 65.3 Å². The Morgan fingerprint density at radius 2 is 1.75 bits per heavy atom. The first-order chi connectivity index (χ1) is 11.6. The molecule has 0 atom stereocenters. The molecule has 2 heterocycles. The van der Waals surface area contributed by atoms with Gasteiger partial charge in [0.25, 0.3) is 0 Å². The Morgan fingerprint density at radius 3 is 2.50 bits per heavy atom. The summed E-state index contributed by atoms with van der Waals surface area (Å²) in [4.78, 5) is 4.78. The smallest absolute Gasteiger partial charge is 0.165 e. The fourth-order valence-electron chi connectivity index (χ4n) is 2.95. The van der Waals surface area contributed by atoms with Crippen molar-refractivity contribution in [3.63, 3.8) is 0 Å². The Kier molecular flexibility index (Phi) is 3.58. The second-order valence-electron chi connectivity index (χ2n) is 5.63. The first kappa shape index (κ1) is 14.9. The number of fused-ring (bicyclic) bond motifs is 1. The largest absolute Gasteiger partial charge is 0.383 e. The summed E-state index contributed by atoms with van der Waals surface area (Å²) in [6.45, 7) is 1.98. The van der Waals surface area contributed by atoms with E-state index < -0.39 is 0 Å². The molecular weight excluding hydrogens is 364 g/mol. The average molecular weight is 379 g/mol. The van der Waals surface area contributed by atoms with Crippen LogP contribution in [-0.2, 0) is 0 Å². The molecule has 0 fully saturated rings. The molecule has 0 bridgehead atoms. The summed E-state index contributed by atoms with van der Waals surface area (Å²) in [6.07, 6.45) is 1.81. The molecule has 0 radical (unpaired) electrons. The maximum absolute atomic E-state index is 6.42. The lowest BCUT2D eigenvalue weighted by atomic mass is 10.0. The second-order valence-corrected chi connectivity index (χ2v) is 6.54. The highest BCUT2D eigenvalue weighted by molar-refractivity contribution is 9.10. The number of anilines is 1.